The number of nitrogens with zero attached hydrogens (tertiary/aromatic N) is 2. The van der Waals surface area contributed by atoms with Crippen LogP contribution in [-0.2, 0) is 19.5 Å². The largest absolute Gasteiger partial charge is 0.493 e. The monoisotopic (exact) mass is 379 g/mol. The molecule has 0 spiro atoms. The predicted molar refractivity (Wildman–Crippen MR) is 110 cm³/mol. The maximum absolute atomic E-state index is 13.0. The molecule has 2 aromatic carbocycles. The van der Waals surface area contributed by atoms with E-state index >= 15 is 0 Å². The summed E-state index contributed by atoms with van der Waals surface area (Å²) >= 11 is 0. The number of nitrogens with one attached hydrogen (secondary N) is 1. The summed E-state index contributed by atoms with van der Waals surface area (Å²) in [7, 11) is 3.25. The fourth-order valence-electron chi connectivity index (χ4n) is 3.72. The van der Waals surface area contributed by atoms with E-state index in [2.05, 4.69) is 5.32 Å². The maximum Gasteiger partial charge on any atom is 0.261 e. The third-order valence-electron chi connectivity index (χ3n) is 5.26. The molecule has 1 N–H and O–H groups in total. The number of methoxy groups -OCH3 is 2. The van der Waals surface area contributed by atoms with Gasteiger partial charge in [0, 0.05) is 25.2 Å². The lowest BCUT2D eigenvalue weighted by Gasteiger charge is -2.13. The van der Waals surface area contributed by atoms with Crippen LogP contribution < -0.4 is 20.3 Å². The minimum atomic E-state index is 0.0664. The van der Waals surface area contributed by atoms with Crippen molar-refractivity contribution in [2.45, 2.75) is 38.8 Å². The highest BCUT2D eigenvalue weighted by Crippen LogP contribution is 2.28. The molecule has 1 aliphatic rings. The van der Waals surface area contributed by atoms with Crippen LogP contribution in [0.5, 0.6) is 11.5 Å². The van der Waals surface area contributed by atoms with Crippen molar-refractivity contribution in [1.82, 2.24) is 9.55 Å². The minimum absolute atomic E-state index is 0.0664. The number of anilines is 1. The Labute approximate surface area is 164 Å². The Bertz CT molecular complexity index is 1060. The molecular formula is C22H25N3O3. The molecule has 0 atom stereocenters. The molecule has 3 aromatic rings. The van der Waals surface area contributed by atoms with Gasteiger partial charge in [0.2, 0.25) is 0 Å². The van der Waals surface area contributed by atoms with Gasteiger partial charge >= 0.3 is 0 Å². The van der Waals surface area contributed by atoms with E-state index in [1.165, 1.54) is 0 Å². The number of fused-ring (bicyclic) bond motifs is 2. The summed E-state index contributed by atoms with van der Waals surface area (Å²) in [6.07, 6.45) is 4.17. The van der Waals surface area contributed by atoms with Crippen LogP contribution in [0, 0.1) is 0 Å². The average molecular weight is 379 g/mol. The van der Waals surface area contributed by atoms with E-state index in [1.54, 1.807) is 14.2 Å². The van der Waals surface area contributed by atoms with Gasteiger partial charge in [0.1, 0.15) is 5.82 Å². The first-order valence-electron chi connectivity index (χ1n) is 9.68. The summed E-state index contributed by atoms with van der Waals surface area (Å²) in [5, 5.41) is 4.06. The van der Waals surface area contributed by atoms with Gasteiger partial charge in [-0.2, -0.15) is 0 Å². The van der Waals surface area contributed by atoms with E-state index in [9.17, 15) is 4.79 Å². The fraction of sp³-hybridized carbons (Fsp3) is 0.364. The molecule has 0 amide bonds. The van der Waals surface area contributed by atoms with Gasteiger partial charge in [0.25, 0.3) is 5.56 Å². The normalized spacial score (nSPS) is 13.6. The summed E-state index contributed by atoms with van der Waals surface area (Å²) in [4.78, 5) is 17.7. The Morgan fingerprint density at radius 1 is 1.04 bits per heavy atom. The van der Waals surface area contributed by atoms with Crippen molar-refractivity contribution in [2.24, 2.45) is 0 Å². The molecule has 0 saturated heterocycles. The van der Waals surface area contributed by atoms with Crippen molar-refractivity contribution in [3.05, 3.63) is 58.1 Å². The van der Waals surface area contributed by atoms with Gasteiger partial charge in [-0.25, -0.2) is 4.98 Å². The van der Waals surface area contributed by atoms with Crippen LogP contribution in [0.1, 0.15) is 30.7 Å². The second kappa shape index (κ2) is 7.92. The van der Waals surface area contributed by atoms with Gasteiger partial charge < -0.3 is 14.8 Å². The SMILES string of the molecule is COc1ccc(CNc2ccc3nc4n(c(=O)c3c2)CCCCC4)cc1OC. The lowest BCUT2D eigenvalue weighted by molar-refractivity contribution is 0.354. The summed E-state index contributed by atoms with van der Waals surface area (Å²) < 4.78 is 12.5. The van der Waals surface area contributed by atoms with Gasteiger partial charge in [-0.3, -0.25) is 9.36 Å². The van der Waals surface area contributed by atoms with Gasteiger partial charge in [-0.1, -0.05) is 12.5 Å². The number of hydrogen-bond acceptors (Lipinski definition) is 5. The summed E-state index contributed by atoms with van der Waals surface area (Å²) in [5.41, 5.74) is 2.80. The smallest absolute Gasteiger partial charge is 0.261 e. The fourth-order valence-corrected chi connectivity index (χ4v) is 3.72. The van der Waals surface area contributed by atoms with Crippen molar-refractivity contribution in [1.29, 1.82) is 0 Å². The van der Waals surface area contributed by atoms with Crippen molar-refractivity contribution in [2.75, 3.05) is 19.5 Å². The topological polar surface area (TPSA) is 65.4 Å². The van der Waals surface area contributed by atoms with E-state index in [1.807, 2.05) is 41.0 Å². The van der Waals surface area contributed by atoms with Crippen LogP contribution in [0.3, 0.4) is 0 Å². The second-order valence-electron chi connectivity index (χ2n) is 7.07. The van der Waals surface area contributed by atoms with Crippen molar-refractivity contribution < 1.29 is 9.47 Å². The molecule has 4 rings (SSSR count). The highest BCUT2D eigenvalue weighted by atomic mass is 16.5. The molecule has 0 saturated carbocycles. The molecule has 0 unspecified atom stereocenters. The number of hydrogen-bond donors (Lipinski definition) is 1. The molecule has 0 radical (unpaired) electrons. The number of aromatic nitrogens is 2. The molecule has 0 aliphatic carbocycles. The molecular weight excluding hydrogens is 354 g/mol. The Morgan fingerprint density at radius 2 is 1.89 bits per heavy atom. The quantitative estimate of drug-likeness (QED) is 0.731. The van der Waals surface area contributed by atoms with Crippen LogP contribution in [-0.4, -0.2) is 23.8 Å². The summed E-state index contributed by atoms with van der Waals surface area (Å²) in [6, 6.07) is 11.6. The van der Waals surface area contributed by atoms with E-state index in [-0.39, 0.29) is 5.56 Å². The van der Waals surface area contributed by atoms with Crippen LogP contribution >= 0.6 is 0 Å². The molecule has 2 heterocycles. The van der Waals surface area contributed by atoms with Crippen LogP contribution in [0.15, 0.2) is 41.2 Å². The summed E-state index contributed by atoms with van der Waals surface area (Å²) in [5.74, 6) is 2.32. The van der Waals surface area contributed by atoms with E-state index < -0.39 is 0 Å². The first-order valence-corrected chi connectivity index (χ1v) is 9.68. The van der Waals surface area contributed by atoms with Gasteiger partial charge in [-0.15, -0.1) is 0 Å². The first-order chi connectivity index (χ1) is 13.7. The summed E-state index contributed by atoms with van der Waals surface area (Å²) in [6.45, 7) is 1.38. The average Bonchev–Trinajstić information content (AvgIpc) is 2.98. The minimum Gasteiger partial charge on any atom is -0.493 e. The maximum atomic E-state index is 13.0. The third kappa shape index (κ3) is 3.54. The standard InChI is InChI=1S/C22H25N3O3/c1-27-19-10-7-15(12-20(19)28-2)14-23-16-8-9-18-17(13-16)22(26)25-11-5-3-4-6-21(25)24-18/h7-10,12-13,23H,3-6,11,14H2,1-2H3. The number of aryl methyl sites for hydroxylation is 1. The Kier molecular flexibility index (Phi) is 5.19. The molecule has 28 heavy (non-hydrogen) atoms. The predicted octanol–water partition coefficient (Wildman–Crippen LogP) is 3.75. The zero-order chi connectivity index (χ0) is 19.5. The molecule has 0 fully saturated rings. The lowest BCUT2D eigenvalue weighted by atomic mass is 10.1. The lowest BCUT2D eigenvalue weighted by Crippen LogP contribution is -2.24. The van der Waals surface area contributed by atoms with Crippen LogP contribution in [0.4, 0.5) is 5.69 Å². The van der Waals surface area contributed by atoms with E-state index in [0.717, 1.165) is 54.8 Å². The highest BCUT2D eigenvalue weighted by Gasteiger charge is 2.14. The van der Waals surface area contributed by atoms with Crippen molar-refractivity contribution in [3.8, 4) is 11.5 Å². The van der Waals surface area contributed by atoms with Gasteiger partial charge in [-0.05, 0) is 48.7 Å². The van der Waals surface area contributed by atoms with E-state index in [4.69, 9.17) is 14.5 Å². The molecule has 6 nitrogen and oxygen atoms in total. The van der Waals surface area contributed by atoms with Crippen molar-refractivity contribution in [3.63, 3.8) is 0 Å². The Morgan fingerprint density at radius 3 is 2.71 bits per heavy atom. The Balaban J connectivity index is 1.60. The van der Waals surface area contributed by atoms with Crippen molar-refractivity contribution >= 4 is 16.6 Å². The first kappa shape index (κ1) is 18.3. The van der Waals surface area contributed by atoms with Gasteiger partial charge in [0.15, 0.2) is 11.5 Å². The van der Waals surface area contributed by atoms with Crippen LogP contribution in [0.2, 0.25) is 0 Å². The second-order valence-corrected chi connectivity index (χ2v) is 7.07. The zero-order valence-electron chi connectivity index (χ0n) is 16.3. The molecule has 0 bridgehead atoms. The highest BCUT2D eigenvalue weighted by molar-refractivity contribution is 5.81. The van der Waals surface area contributed by atoms with E-state index in [0.29, 0.717) is 23.4 Å². The molecule has 1 aromatic heterocycles. The number of benzene rings is 2. The van der Waals surface area contributed by atoms with Gasteiger partial charge in [0.05, 0.1) is 25.1 Å². The zero-order valence-corrected chi connectivity index (χ0v) is 16.3. The number of rotatable bonds is 5. The van der Waals surface area contributed by atoms with Crippen LogP contribution in [0.25, 0.3) is 10.9 Å². The molecule has 146 valence electrons. The third-order valence-corrected chi connectivity index (χ3v) is 5.26. The number of ether oxygens (including phenoxy) is 2. The molecule has 1 aliphatic heterocycles. The Hall–Kier alpha value is -3.02. The molecule has 6 heteroatoms.